The van der Waals surface area contributed by atoms with Crippen molar-refractivity contribution >= 4 is 33.1 Å². The van der Waals surface area contributed by atoms with Gasteiger partial charge in [-0.2, -0.15) is 0 Å². The van der Waals surface area contributed by atoms with Crippen molar-refractivity contribution in [1.29, 1.82) is 0 Å². The molecule has 3 rings (SSSR count). The van der Waals surface area contributed by atoms with Gasteiger partial charge in [0.2, 0.25) is 0 Å². The number of para-hydroxylation sites is 1. The van der Waals surface area contributed by atoms with Crippen LogP contribution in [0.1, 0.15) is 26.3 Å². The Kier molecular flexibility index (Phi) is 2.51. The summed E-state index contributed by atoms with van der Waals surface area (Å²) in [5, 5.41) is 0. The molecule has 1 saturated carbocycles. The van der Waals surface area contributed by atoms with Gasteiger partial charge < -0.3 is 9.55 Å². The highest BCUT2D eigenvalue weighted by atomic mass is 32.2. The third kappa shape index (κ3) is 1.94. The Balaban J connectivity index is 2.33. The molecule has 19 heavy (non-hydrogen) atoms. The number of rotatable bonds is 2. The first-order valence-electron chi connectivity index (χ1n) is 6.15. The van der Waals surface area contributed by atoms with Gasteiger partial charge in [-0.05, 0) is 36.2 Å². The number of hydrogen-bond donors (Lipinski definition) is 1. The van der Waals surface area contributed by atoms with Crippen molar-refractivity contribution in [2.24, 2.45) is 5.41 Å². The molecule has 2 aromatic rings. The van der Waals surface area contributed by atoms with Gasteiger partial charge in [0.25, 0.3) is 0 Å². The second-order valence-electron chi connectivity index (χ2n) is 5.93. The zero-order valence-electron chi connectivity index (χ0n) is 11.1. The summed E-state index contributed by atoms with van der Waals surface area (Å²) in [6, 6.07) is 5.66. The van der Waals surface area contributed by atoms with Gasteiger partial charge in [0, 0.05) is 12.3 Å². The van der Waals surface area contributed by atoms with Crippen LogP contribution in [0, 0.1) is 10.2 Å². The summed E-state index contributed by atoms with van der Waals surface area (Å²) in [5.74, 6) is 0. The molecule has 1 aliphatic carbocycles. The van der Waals surface area contributed by atoms with Crippen LogP contribution in [0.5, 0.6) is 0 Å². The Morgan fingerprint density at radius 3 is 2.58 bits per heavy atom. The van der Waals surface area contributed by atoms with Crippen LogP contribution in [0.15, 0.2) is 23.1 Å². The van der Waals surface area contributed by atoms with E-state index in [4.69, 9.17) is 12.2 Å². The second-order valence-corrected chi connectivity index (χ2v) is 8.30. The third-order valence-electron chi connectivity index (χ3n) is 3.89. The molecule has 0 saturated heterocycles. The van der Waals surface area contributed by atoms with Crippen LogP contribution < -0.4 is 0 Å². The van der Waals surface area contributed by atoms with Crippen LogP contribution in [-0.4, -0.2) is 24.2 Å². The molecule has 1 N–H and O–H groups in total. The van der Waals surface area contributed by atoms with E-state index in [1.807, 2.05) is 6.07 Å². The summed E-state index contributed by atoms with van der Waals surface area (Å²) in [6.45, 7) is 4.39. The second kappa shape index (κ2) is 3.70. The minimum atomic E-state index is -3.26. The number of hydrogen-bond acceptors (Lipinski definition) is 3. The SMILES string of the molecule is CC1(C)CC1n1c(=S)[nH]c2c(S(C)(=O)=O)cccc21. The molecule has 1 unspecified atom stereocenters. The molecule has 1 fully saturated rings. The van der Waals surface area contributed by atoms with E-state index < -0.39 is 9.84 Å². The predicted octanol–water partition coefficient (Wildman–Crippen LogP) is 3.07. The number of fused-ring (bicyclic) bond motifs is 1. The fourth-order valence-corrected chi connectivity index (χ4v) is 3.80. The van der Waals surface area contributed by atoms with Crippen LogP contribution in [-0.2, 0) is 9.84 Å². The van der Waals surface area contributed by atoms with Crippen LogP contribution in [0.4, 0.5) is 0 Å². The summed E-state index contributed by atoms with van der Waals surface area (Å²) in [7, 11) is -3.26. The van der Waals surface area contributed by atoms with E-state index in [9.17, 15) is 8.42 Å². The molecule has 0 radical (unpaired) electrons. The van der Waals surface area contributed by atoms with E-state index in [0.29, 0.717) is 21.2 Å². The lowest BCUT2D eigenvalue weighted by Crippen LogP contribution is -2.01. The van der Waals surface area contributed by atoms with E-state index in [0.717, 1.165) is 11.9 Å². The molecule has 4 nitrogen and oxygen atoms in total. The number of H-pyrrole nitrogens is 1. The van der Waals surface area contributed by atoms with E-state index in [-0.39, 0.29) is 5.41 Å². The Morgan fingerprint density at radius 2 is 2.05 bits per heavy atom. The summed E-state index contributed by atoms with van der Waals surface area (Å²) >= 11 is 5.37. The van der Waals surface area contributed by atoms with Crippen molar-refractivity contribution in [3.63, 3.8) is 0 Å². The fourth-order valence-electron chi connectivity index (χ4n) is 2.62. The Bertz CT molecular complexity index is 828. The van der Waals surface area contributed by atoms with Crippen molar-refractivity contribution in [3.8, 4) is 0 Å². The number of benzene rings is 1. The largest absolute Gasteiger partial charge is 0.329 e. The Labute approximate surface area is 117 Å². The number of sulfone groups is 1. The van der Waals surface area contributed by atoms with Gasteiger partial charge in [0.15, 0.2) is 14.6 Å². The van der Waals surface area contributed by atoms with Gasteiger partial charge in [0.1, 0.15) is 0 Å². The maximum atomic E-state index is 11.8. The van der Waals surface area contributed by atoms with Crippen LogP contribution in [0.25, 0.3) is 11.0 Å². The molecule has 102 valence electrons. The third-order valence-corrected chi connectivity index (χ3v) is 5.32. The van der Waals surface area contributed by atoms with E-state index in [2.05, 4.69) is 23.4 Å². The fraction of sp³-hybridized carbons (Fsp3) is 0.462. The first-order valence-corrected chi connectivity index (χ1v) is 8.45. The first-order chi connectivity index (χ1) is 8.72. The van der Waals surface area contributed by atoms with Crippen molar-refractivity contribution in [2.45, 2.75) is 31.2 Å². The average molecular weight is 296 g/mol. The molecule has 0 spiro atoms. The lowest BCUT2D eigenvalue weighted by Gasteiger charge is -2.07. The summed E-state index contributed by atoms with van der Waals surface area (Å²) in [6.07, 6.45) is 2.29. The van der Waals surface area contributed by atoms with Gasteiger partial charge in [-0.1, -0.05) is 19.9 Å². The average Bonchev–Trinajstić information content (AvgIpc) is 2.76. The molecular weight excluding hydrogens is 280 g/mol. The Hall–Kier alpha value is -1.14. The molecule has 0 aliphatic heterocycles. The van der Waals surface area contributed by atoms with Gasteiger partial charge in [-0.3, -0.25) is 0 Å². The standard InChI is InChI=1S/C13H16N2O2S2/c1-13(2)7-10(13)15-8-5-4-6-9(19(3,16)17)11(8)14-12(15)18/h4-6,10H,7H2,1-3H3,(H,14,18). The smallest absolute Gasteiger partial charge is 0.178 e. The minimum absolute atomic E-state index is 0.231. The molecule has 1 aromatic heterocycles. The highest BCUT2D eigenvalue weighted by molar-refractivity contribution is 7.91. The highest BCUT2D eigenvalue weighted by Crippen LogP contribution is 2.56. The number of aromatic amines is 1. The molecule has 1 aromatic carbocycles. The van der Waals surface area contributed by atoms with Gasteiger partial charge in [-0.15, -0.1) is 0 Å². The Morgan fingerprint density at radius 1 is 1.42 bits per heavy atom. The monoisotopic (exact) mass is 296 g/mol. The predicted molar refractivity (Wildman–Crippen MR) is 77.7 cm³/mol. The lowest BCUT2D eigenvalue weighted by atomic mass is 10.2. The highest BCUT2D eigenvalue weighted by Gasteiger charge is 2.48. The molecular formula is C13H16N2O2S2. The summed E-state index contributed by atoms with van der Waals surface area (Å²) in [4.78, 5) is 3.37. The quantitative estimate of drug-likeness (QED) is 0.867. The molecule has 0 bridgehead atoms. The van der Waals surface area contributed by atoms with Crippen LogP contribution in [0.3, 0.4) is 0 Å². The summed E-state index contributed by atoms with van der Waals surface area (Å²) < 4.78 is 26.3. The number of imidazole rings is 1. The van der Waals surface area contributed by atoms with Crippen LogP contribution in [0.2, 0.25) is 0 Å². The molecule has 6 heteroatoms. The zero-order valence-corrected chi connectivity index (χ0v) is 12.7. The molecule has 1 heterocycles. The maximum absolute atomic E-state index is 11.8. The van der Waals surface area contributed by atoms with Crippen molar-refractivity contribution < 1.29 is 8.42 Å². The topological polar surface area (TPSA) is 54.9 Å². The van der Waals surface area contributed by atoms with Crippen molar-refractivity contribution in [2.75, 3.05) is 6.26 Å². The number of nitrogens with zero attached hydrogens (tertiary/aromatic N) is 1. The van der Waals surface area contributed by atoms with Gasteiger partial charge >= 0.3 is 0 Å². The molecule has 0 amide bonds. The number of nitrogens with one attached hydrogen (secondary N) is 1. The normalized spacial score (nSPS) is 21.7. The summed E-state index contributed by atoms with van der Waals surface area (Å²) in [5.41, 5.74) is 1.73. The molecule has 1 atom stereocenters. The van der Waals surface area contributed by atoms with Crippen LogP contribution >= 0.6 is 12.2 Å². The van der Waals surface area contributed by atoms with Gasteiger partial charge in [0.05, 0.1) is 15.9 Å². The van der Waals surface area contributed by atoms with Gasteiger partial charge in [-0.25, -0.2) is 8.42 Å². The van der Waals surface area contributed by atoms with E-state index in [1.165, 1.54) is 6.26 Å². The molecule has 1 aliphatic rings. The minimum Gasteiger partial charge on any atom is -0.329 e. The lowest BCUT2D eigenvalue weighted by molar-refractivity contribution is 0.546. The maximum Gasteiger partial charge on any atom is 0.178 e. The zero-order chi connectivity index (χ0) is 14.0. The number of aromatic nitrogens is 2. The van der Waals surface area contributed by atoms with Crippen molar-refractivity contribution in [3.05, 3.63) is 23.0 Å². The van der Waals surface area contributed by atoms with E-state index >= 15 is 0 Å². The van der Waals surface area contributed by atoms with E-state index in [1.54, 1.807) is 12.1 Å². The van der Waals surface area contributed by atoms with Crippen molar-refractivity contribution in [1.82, 2.24) is 9.55 Å². The first kappa shape index (κ1) is 12.9.